The van der Waals surface area contributed by atoms with E-state index in [4.69, 9.17) is 0 Å². The van der Waals surface area contributed by atoms with Crippen molar-refractivity contribution in [3.63, 3.8) is 0 Å². The van der Waals surface area contributed by atoms with Crippen molar-refractivity contribution in [1.82, 2.24) is 9.78 Å². The van der Waals surface area contributed by atoms with Crippen LogP contribution >= 0.6 is 15.9 Å². The Labute approximate surface area is 131 Å². The molecular weight excluding hydrogens is 356 g/mol. The molecule has 0 unspecified atom stereocenters. The third kappa shape index (κ3) is 2.38. The van der Waals surface area contributed by atoms with Crippen LogP contribution < -0.4 is 4.90 Å². The lowest BCUT2D eigenvalue weighted by atomic mass is 10.2. The molecule has 0 bridgehead atoms. The van der Waals surface area contributed by atoms with Gasteiger partial charge in [-0.05, 0) is 35.0 Å². The van der Waals surface area contributed by atoms with Crippen molar-refractivity contribution < 1.29 is 8.42 Å². The van der Waals surface area contributed by atoms with Gasteiger partial charge in [0.15, 0.2) is 0 Å². The molecule has 0 N–H and O–H groups in total. The minimum atomic E-state index is -3.59. The number of benzene rings is 1. The van der Waals surface area contributed by atoms with E-state index < -0.39 is 10.0 Å². The van der Waals surface area contributed by atoms with Crippen LogP contribution in [0.25, 0.3) is 0 Å². The van der Waals surface area contributed by atoms with Crippen molar-refractivity contribution >= 4 is 38.0 Å². The van der Waals surface area contributed by atoms with Gasteiger partial charge in [0.2, 0.25) is 0 Å². The standard InChI is InChI=1S/C13H13BrN4O2S/c1-9-13(14)11(17(2)16-9)7-18-8-15-21(19,20)12-6-4-3-5-10(12)18/h3-6,8H,7H2,1-2H3. The van der Waals surface area contributed by atoms with Gasteiger partial charge in [0.25, 0.3) is 10.0 Å². The summed E-state index contributed by atoms with van der Waals surface area (Å²) in [6.07, 6.45) is 1.35. The van der Waals surface area contributed by atoms with E-state index in [0.717, 1.165) is 15.9 Å². The normalized spacial score (nSPS) is 16.0. The van der Waals surface area contributed by atoms with E-state index in [0.29, 0.717) is 12.2 Å². The Hall–Kier alpha value is -1.67. The molecule has 0 atom stereocenters. The molecule has 1 aromatic carbocycles. The molecule has 1 aliphatic rings. The number of nitrogens with zero attached hydrogens (tertiary/aromatic N) is 4. The first-order valence-corrected chi connectivity index (χ1v) is 8.47. The van der Waals surface area contributed by atoms with Crippen LogP contribution in [0.2, 0.25) is 0 Å². The van der Waals surface area contributed by atoms with Crippen LogP contribution in [0, 0.1) is 6.92 Å². The zero-order valence-corrected chi connectivity index (χ0v) is 13.9. The summed E-state index contributed by atoms with van der Waals surface area (Å²) >= 11 is 3.52. The molecule has 0 saturated carbocycles. The van der Waals surface area contributed by atoms with Crippen molar-refractivity contribution in [2.75, 3.05) is 4.90 Å². The quantitative estimate of drug-likeness (QED) is 0.814. The van der Waals surface area contributed by atoms with Gasteiger partial charge in [-0.25, -0.2) is 0 Å². The lowest BCUT2D eigenvalue weighted by Gasteiger charge is -2.25. The number of anilines is 1. The van der Waals surface area contributed by atoms with E-state index in [9.17, 15) is 8.42 Å². The molecule has 0 spiro atoms. The third-order valence-corrected chi connectivity index (χ3v) is 5.66. The second kappa shape index (κ2) is 4.96. The SMILES string of the molecule is Cc1nn(C)c(CN2C=NS(=O)(=O)c3ccccc32)c1Br. The highest BCUT2D eigenvalue weighted by Gasteiger charge is 2.26. The average molecular weight is 369 g/mol. The Morgan fingerprint density at radius 2 is 2.00 bits per heavy atom. The highest BCUT2D eigenvalue weighted by Crippen LogP contribution is 2.31. The van der Waals surface area contributed by atoms with Crippen molar-refractivity contribution in [1.29, 1.82) is 0 Å². The molecule has 0 fully saturated rings. The molecule has 1 aromatic heterocycles. The number of fused-ring (bicyclic) bond motifs is 1. The lowest BCUT2D eigenvalue weighted by molar-refractivity contribution is 0.597. The first kappa shape index (κ1) is 14.3. The van der Waals surface area contributed by atoms with E-state index in [1.807, 2.05) is 20.0 Å². The fraction of sp³-hybridized carbons (Fsp3) is 0.231. The van der Waals surface area contributed by atoms with Gasteiger partial charge in [-0.15, -0.1) is 4.40 Å². The molecule has 0 aliphatic carbocycles. The summed E-state index contributed by atoms with van der Waals surface area (Å²) < 4.78 is 30.3. The number of hydrogen-bond donors (Lipinski definition) is 0. The van der Waals surface area contributed by atoms with Gasteiger partial charge in [0.1, 0.15) is 11.2 Å². The summed E-state index contributed by atoms with van der Waals surface area (Å²) in [6.45, 7) is 2.39. The van der Waals surface area contributed by atoms with Crippen LogP contribution in [-0.2, 0) is 23.6 Å². The predicted molar refractivity (Wildman–Crippen MR) is 83.9 cm³/mol. The Balaban J connectivity index is 2.05. The van der Waals surface area contributed by atoms with E-state index in [1.165, 1.54) is 6.34 Å². The molecule has 3 rings (SSSR count). The van der Waals surface area contributed by atoms with Crippen LogP contribution in [0.15, 0.2) is 38.0 Å². The van der Waals surface area contributed by atoms with Gasteiger partial charge >= 0.3 is 0 Å². The Morgan fingerprint density at radius 3 is 2.67 bits per heavy atom. The van der Waals surface area contributed by atoms with Crippen LogP contribution in [0.1, 0.15) is 11.4 Å². The minimum absolute atomic E-state index is 0.225. The second-order valence-electron chi connectivity index (χ2n) is 4.76. The lowest BCUT2D eigenvalue weighted by Crippen LogP contribution is -2.27. The maximum atomic E-state index is 12.0. The highest BCUT2D eigenvalue weighted by atomic mass is 79.9. The maximum absolute atomic E-state index is 12.0. The van der Waals surface area contributed by atoms with E-state index in [1.54, 1.807) is 27.8 Å². The molecule has 2 heterocycles. The minimum Gasteiger partial charge on any atom is -0.324 e. The maximum Gasteiger partial charge on any atom is 0.285 e. The molecule has 0 amide bonds. The van der Waals surface area contributed by atoms with E-state index >= 15 is 0 Å². The van der Waals surface area contributed by atoms with Crippen molar-refractivity contribution in [2.24, 2.45) is 11.4 Å². The molecule has 0 radical (unpaired) electrons. The third-order valence-electron chi connectivity index (χ3n) is 3.36. The molecule has 6 nitrogen and oxygen atoms in total. The van der Waals surface area contributed by atoms with E-state index in [-0.39, 0.29) is 4.90 Å². The van der Waals surface area contributed by atoms with Crippen molar-refractivity contribution in [3.8, 4) is 0 Å². The van der Waals surface area contributed by atoms with Crippen LogP contribution in [0.5, 0.6) is 0 Å². The zero-order valence-electron chi connectivity index (χ0n) is 11.5. The Morgan fingerprint density at radius 1 is 1.29 bits per heavy atom. The fourth-order valence-electron chi connectivity index (χ4n) is 2.29. The summed E-state index contributed by atoms with van der Waals surface area (Å²) in [6, 6.07) is 6.84. The van der Waals surface area contributed by atoms with Gasteiger partial charge in [-0.1, -0.05) is 12.1 Å². The number of sulfonamides is 1. The monoisotopic (exact) mass is 368 g/mol. The first-order valence-electron chi connectivity index (χ1n) is 6.24. The number of rotatable bonds is 2. The largest absolute Gasteiger partial charge is 0.324 e. The summed E-state index contributed by atoms with van der Waals surface area (Å²) in [7, 11) is -1.73. The summed E-state index contributed by atoms with van der Waals surface area (Å²) in [5.74, 6) is 0. The summed E-state index contributed by atoms with van der Waals surface area (Å²) in [4.78, 5) is 2.03. The number of para-hydroxylation sites is 1. The number of halogens is 1. The average Bonchev–Trinajstić information content (AvgIpc) is 2.68. The van der Waals surface area contributed by atoms with E-state index in [2.05, 4.69) is 25.4 Å². The van der Waals surface area contributed by atoms with Crippen LogP contribution in [0.4, 0.5) is 5.69 Å². The van der Waals surface area contributed by atoms with Gasteiger partial charge in [-0.2, -0.15) is 13.5 Å². The number of aromatic nitrogens is 2. The number of aryl methyl sites for hydroxylation is 2. The van der Waals surface area contributed by atoms with Gasteiger partial charge in [-0.3, -0.25) is 4.68 Å². The predicted octanol–water partition coefficient (Wildman–Crippen LogP) is 2.23. The number of hydrogen-bond acceptors (Lipinski definition) is 4. The van der Waals surface area contributed by atoms with Crippen LogP contribution in [0.3, 0.4) is 0 Å². The summed E-state index contributed by atoms with van der Waals surface area (Å²) in [5.41, 5.74) is 2.47. The molecular formula is C13H13BrN4O2S. The summed E-state index contributed by atoms with van der Waals surface area (Å²) in [5, 5.41) is 4.34. The molecule has 110 valence electrons. The molecule has 0 saturated heterocycles. The van der Waals surface area contributed by atoms with Crippen molar-refractivity contribution in [2.45, 2.75) is 18.4 Å². The highest BCUT2D eigenvalue weighted by molar-refractivity contribution is 9.10. The molecule has 2 aromatic rings. The molecule has 21 heavy (non-hydrogen) atoms. The molecule has 1 aliphatic heterocycles. The Bertz CT molecular complexity index is 842. The fourth-order valence-corrected chi connectivity index (χ4v) is 3.80. The first-order chi connectivity index (χ1) is 9.90. The smallest absolute Gasteiger partial charge is 0.285 e. The van der Waals surface area contributed by atoms with Crippen LogP contribution in [-0.4, -0.2) is 24.5 Å². The van der Waals surface area contributed by atoms with Gasteiger partial charge in [0, 0.05) is 7.05 Å². The van der Waals surface area contributed by atoms with Crippen molar-refractivity contribution in [3.05, 3.63) is 40.1 Å². The molecule has 8 heteroatoms. The zero-order chi connectivity index (χ0) is 15.2. The second-order valence-corrected chi connectivity index (χ2v) is 7.16. The Kier molecular flexibility index (Phi) is 3.37. The van der Waals surface area contributed by atoms with Gasteiger partial charge < -0.3 is 4.90 Å². The van der Waals surface area contributed by atoms with Gasteiger partial charge in [0.05, 0.1) is 28.1 Å². The topological polar surface area (TPSA) is 67.6 Å².